The molecule has 0 bridgehead atoms. The number of nitrogens with one attached hydrogen (secondary N) is 3. The number of Topliss-reactive ketones (excluding diaryl/α,β-unsaturated/α-hetero) is 1. The second kappa shape index (κ2) is 7.73. The molecule has 2 saturated heterocycles. The molecule has 2 aromatic rings. The van der Waals surface area contributed by atoms with Gasteiger partial charge in [-0.25, -0.2) is 5.43 Å². The lowest BCUT2D eigenvalue weighted by molar-refractivity contribution is -0.138. The highest BCUT2D eigenvalue weighted by molar-refractivity contribution is 6.04. The van der Waals surface area contributed by atoms with E-state index in [1.165, 1.54) is 5.56 Å². The molecule has 0 aromatic heterocycles. The first kappa shape index (κ1) is 18.7. The van der Waals surface area contributed by atoms with E-state index >= 15 is 0 Å². The topological polar surface area (TPSA) is 73.5 Å². The van der Waals surface area contributed by atoms with Crippen LogP contribution < -0.4 is 21.1 Å². The Morgan fingerprint density at radius 2 is 1.86 bits per heavy atom. The normalized spacial score (nSPS) is 26.8. The van der Waals surface area contributed by atoms with Crippen molar-refractivity contribution in [3.63, 3.8) is 0 Å². The number of carbonyl (C=O) groups excluding carboxylic acids is 2. The molecule has 4 atom stereocenters. The van der Waals surface area contributed by atoms with Crippen LogP contribution in [0.3, 0.4) is 0 Å². The number of hydrogen-bond donors (Lipinski definition) is 3. The van der Waals surface area contributed by atoms with Gasteiger partial charge in [0.2, 0.25) is 5.91 Å². The van der Waals surface area contributed by atoms with E-state index in [4.69, 9.17) is 0 Å². The quantitative estimate of drug-likeness (QED) is 0.707. The van der Waals surface area contributed by atoms with Crippen molar-refractivity contribution in [3.05, 3.63) is 65.7 Å². The predicted octanol–water partition coefficient (Wildman–Crippen LogP) is 1.76. The number of fused-ring (bicyclic) bond motifs is 1. The van der Waals surface area contributed by atoms with E-state index < -0.39 is 5.92 Å². The van der Waals surface area contributed by atoms with Crippen LogP contribution in [0.25, 0.3) is 0 Å². The minimum atomic E-state index is -0.660. The van der Waals surface area contributed by atoms with Crippen LogP contribution in [-0.4, -0.2) is 30.4 Å². The molecule has 0 saturated carbocycles. The maximum atomic E-state index is 13.1. The highest BCUT2D eigenvalue weighted by atomic mass is 16.2. The van der Waals surface area contributed by atoms with E-state index in [2.05, 4.69) is 16.1 Å². The number of amides is 1. The van der Waals surface area contributed by atoms with Gasteiger partial charge in [0.05, 0.1) is 11.6 Å². The van der Waals surface area contributed by atoms with Crippen LogP contribution >= 0.6 is 0 Å². The third kappa shape index (κ3) is 3.53. The molecular weight excluding hydrogens is 352 g/mol. The number of aryl methyl sites for hydroxylation is 1. The number of ketones is 1. The summed E-state index contributed by atoms with van der Waals surface area (Å²) in [6, 6.07) is 17.9. The SMILES string of the molecule is Cc1ccc(CNC(=O)C2CNC3C(C2=O)C(C)NN3c2ccccc2)cc1. The van der Waals surface area contributed by atoms with Crippen molar-refractivity contribution in [1.82, 2.24) is 16.1 Å². The van der Waals surface area contributed by atoms with Crippen LogP contribution in [0.1, 0.15) is 18.1 Å². The van der Waals surface area contributed by atoms with Gasteiger partial charge in [-0.1, -0.05) is 48.0 Å². The van der Waals surface area contributed by atoms with Gasteiger partial charge in [0.15, 0.2) is 5.78 Å². The minimum absolute atomic E-state index is 0.00332. The van der Waals surface area contributed by atoms with Gasteiger partial charge in [0.25, 0.3) is 0 Å². The summed E-state index contributed by atoms with van der Waals surface area (Å²) >= 11 is 0. The number of carbonyl (C=O) groups is 2. The van der Waals surface area contributed by atoms with Crippen molar-refractivity contribution in [2.45, 2.75) is 32.6 Å². The Hall–Kier alpha value is -2.70. The fourth-order valence-corrected chi connectivity index (χ4v) is 4.07. The fraction of sp³-hybridized carbons (Fsp3) is 0.364. The van der Waals surface area contributed by atoms with Gasteiger partial charge in [-0.05, 0) is 31.5 Å². The molecule has 146 valence electrons. The molecule has 1 amide bonds. The Bertz CT molecular complexity index is 853. The molecule has 28 heavy (non-hydrogen) atoms. The van der Waals surface area contributed by atoms with Gasteiger partial charge in [-0.2, -0.15) is 0 Å². The smallest absolute Gasteiger partial charge is 0.232 e. The van der Waals surface area contributed by atoms with Gasteiger partial charge < -0.3 is 5.32 Å². The highest BCUT2D eigenvalue weighted by Crippen LogP contribution is 2.31. The lowest BCUT2D eigenvalue weighted by Crippen LogP contribution is -2.59. The van der Waals surface area contributed by atoms with E-state index in [9.17, 15) is 9.59 Å². The first-order chi connectivity index (χ1) is 13.5. The molecule has 2 aromatic carbocycles. The molecule has 4 unspecified atom stereocenters. The lowest BCUT2D eigenvalue weighted by Gasteiger charge is -2.35. The third-order valence-corrected chi connectivity index (χ3v) is 5.64. The first-order valence-electron chi connectivity index (χ1n) is 9.75. The number of piperidine rings is 1. The molecule has 4 rings (SSSR count). The molecule has 2 aliphatic heterocycles. The van der Waals surface area contributed by atoms with Crippen LogP contribution in [-0.2, 0) is 16.1 Å². The van der Waals surface area contributed by atoms with E-state index in [-0.39, 0.29) is 29.8 Å². The molecule has 2 aliphatic rings. The number of hydrazine groups is 1. The monoisotopic (exact) mass is 378 g/mol. The molecular formula is C22H26N4O2. The largest absolute Gasteiger partial charge is 0.351 e. The predicted molar refractivity (Wildman–Crippen MR) is 108 cm³/mol. The second-order valence-electron chi connectivity index (χ2n) is 7.66. The Kier molecular flexibility index (Phi) is 5.15. The van der Waals surface area contributed by atoms with E-state index in [1.807, 2.05) is 73.5 Å². The van der Waals surface area contributed by atoms with Crippen molar-refractivity contribution < 1.29 is 9.59 Å². The lowest BCUT2D eigenvalue weighted by atomic mass is 9.83. The van der Waals surface area contributed by atoms with E-state index in [0.29, 0.717) is 13.1 Å². The van der Waals surface area contributed by atoms with Gasteiger partial charge in [-0.15, -0.1) is 0 Å². The number of nitrogens with zero attached hydrogens (tertiary/aromatic N) is 1. The molecule has 2 heterocycles. The van der Waals surface area contributed by atoms with Crippen molar-refractivity contribution in [3.8, 4) is 0 Å². The zero-order valence-electron chi connectivity index (χ0n) is 16.2. The molecule has 6 nitrogen and oxygen atoms in total. The average Bonchev–Trinajstić information content (AvgIpc) is 3.05. The van der Waals surface area contributed by atoms with Gasteiger partial charge >= 0.3 is 0 Å². The van der Waals surface area contributed by atoms with Crippen molar-refractivity contribution in [2.24, 2.45) is 11.8 Å². The summed E-state index contributed by atoms with van der Waals surface area (Å²) in [6.07, 6.45) is -0.147. The van der Waals surface area contributed by atoms with E-state index in [1.54, 1.807) is 0 Å². The molecule has 2 fully saturated rings. The zero-order chi connectivity index (χ0) is 19.7. The number of rotatable bonds is 4. The summed E-state index contributed by atoms with van der Waals surface area (Å²) < 4.78 is 0. The fourth-order valence-electron chi connectivity index (χ4n) is 4.07. The molecule has 3 N–H and O–H groups in total. The Morgan fingerprint density at radius 1 is 1.14 bits per heavy atom. The van der Waals surface area contributed by atoms with Crippen LogP contribution in [0.5, 0.6) is 0 Å². The summed E-state index contributed by atoms with van der Waals surface area (Å²) in [5.74, 6) is -1.14. The average molecular weight is 378 g/mol. The molecule has 0 radical (unpaired) electrons. The number of para-hydroxylation sites is 1. The van der Waals surface area contributed by atoms with Crippen molar-refractivity contribution in [1.29, 1.82) is 0 Å². The van der Waals surface area contributed by atoms with Crippen LogP contribution in [0.2, 0.25) is 0 Å². The van der Waals surface area contributed by atoms with Crippen LogP contribution in [0.15, 0.2) is 54.6 Å². The molecule has 6 heteroatoms. The van der Waals surface area contributed by atoms with Gasteiger partial charge in [0, 0.05) is 19.1 Å². The van der Waals surface area contributed by atoms with Gasteiger partial charge in [0.1, 0.15) is 12.1 Å². The summed E-state index contributed by atoms with van der Waals surface area (Å²) in [7, 11) is 0. The van der Waals surface area contributed by atoms with Crippen molar-refractivity contribution in [2.75, 3.05) is 11.6 Å². The third-order valence-electron chi connectivity index (χ3n) is 5.64. The molecule has 0 spiro atoms. The summed E-state index contributed by atoms with van der Waals surface area (Å²) in [4.78, 5) is 25.8. The number of benzene rings is 2. The minimum Gasteiger partial charge on any atom is -0.351 e. The van der Waals surface area contributed by atoms with Crippen LogP contribution in [0.4, 0.5) is 5.69 Å². The Balaban J connectivity index is 1.43. The zero-order valence-corrected chi connectivity index (χ0v) is 16.2. The van der Waals surface area contributed by atoms with E-state index in [0.717, 1.165) is 11.3 Å². The molecule has 0 aliphatic carbocycles. The Labute approximate surface area is 165 Å². The number of hydrogen-bond acceptors (Lipinski definition) is 5. The maximum Gasteiger partial charge on any atom is 0.232 e. The first-order valence-corrected chi connectivity index (χ1v) is 9.75. The van der Waals surface area contributed by atoms with Crippen LogP contribution in [0, 0.1) is 18.8 Å². The summed E-state index contributed by atoms with van der Waals surface area (Å²) in [5, 5.41) is 8.34. The van der Waals surface area contributed by atoms with Gasteiger partial charge in [-0.3, -0.25) is 19.9 Å². The maximum absolute atomic E-state index is 13.1. The van der Waals surface area contributed by atoms with Crippen molar-refractivity contribution >= 4 is 17.4 Å². The Morgan fingerprint density at radius 3 is 2.57 bits per heavy atom. The summed E-state index contributed by atoms with van der Waals surface area (Å²) in [6.45, 7) is 4.80. The number of anilines is 1. The summed E-state index contributed by atoms with van der Waals surface area (Å²) in [5.41, 5.74) is 6.59. The highest BCUT2D eigenvalue weighted by Gasteiger charge is 2.50. The standard InChI is InChI=1S/C22H26N4O2/c1-14-8-10-16(11-9-14)12-24-22(28)18-13-23-21-19(20(18)27)15(2)25-26(21)17-6-4-3-5-7-17/h3-11,15,18-19,21,23,25H,12-13H2,1-2H3,(H,24,28). The second-order valence-corrected chi connectivity index (χ2v) is 7.66.